The van der Waals surface area contributed by atoms with Gasteiger partial charge in [-0.25, -0.2) is 0 Å². The summed E-state index contributed by atoms with van der Waals surface area (Å²) in [6.07, 6.45) is 5.07. The normalized spacial score (nSPS) is 13.7. The summed E-state index contributed by atoms with van der Waals surface area (Å²) in [5, 5.41) is 17.1. The van der Waals surface area contributed by atoms with Crippen LogP contribution in [-0.2, 0) is 6.42 Å². The number of aromatic nitrogens is 1. The second-order valence-electron chi connectivity index (χ2n) is 6.52. The molecule has 0 aliphatic carbocycles. The van der Waals surface area contributed by atoms with Gasteiger partial charge in [-0.15, -0.1) is 0 Å². The van der Waals surface area contributed by atoms with E-state index in [0.717, 1.165) is 23.3 Å². The van der Waals surface area contributed by atoms with Gasteiger partial charge >= 0.3 is 0 Å². The maximum Gasteiger partial charge on any atom is 0.191 e. The van der Waals surface area contributed by atoms with Gasteiger partial charge in [0, 0.05) is 25.4 Å². The molecule has 0 fully saturated rings. The molecular formula is C22H26N4O2. The second kappa shape index (κ2) is 10.3. The lowest BCUT2D eigenvalue weighted by Crippen LogP contribution is -2.40. The third-order valence-electron chi connectivity index (χ3n) is 4.41. The number of aliphatic hydroxyl groups is 1. The fraction of sp³-hybridized carbons (Fsp3) is 0.273. The Morgan fingerprint density at radius 3 is 2.57 bits per heavy atom. The maximum atomic E-state index is 10.4. The molecule has 3 aromatic rings. The molecule has 6 heteroatoms. The van der Waals surface area contributed by atoms with Gasteiger partial charge in [0.15, 0.2) is 5.96 Å². The SMILES string of the molecule is CC(NC(=NCC(O)c1ccncc1)NCCc1ccco1)c1ccccc1. The molecule has 0 aliphatic heterocycles. The predicted molar refractivity (Wildman–Crippen MR) is 110 cm³/mol. The number of rotatable bonds is 8. The Kier molecular flexibility index (Phi) is 7.21. The van der Waals surface area contributed by atoms with E-state index in [0.29, 0.717) is 12.5 Å². The number of furan rings is 1. The number of nitrogens with one attached hydrogen (secondary N) is 2. The van der Waals surface area contributed by atoms with Crippen molar-refractivity contribution < 1.29 is 9.52 Å². The smallest absolute Gasteiger partial charge is 0.191 e. The average molecular weight is 378 g/mol. The van der Waals surface area contributed by atoms with Crippen molar-refractivity contribution >= 4 is 5.96 Å². The highest BCUT2D eigenvalue weighted by Gasteiger charge is 2.10. The molecule has 0 radical (unpaired) electrons. The molecule has 0 amide bonds. The first-order valence-electron chi connectivity index (χ1n) is 9.42. The summed E-state index contributed by atoms with van der Waals surface area (Å²) in [6.45, 7) is 3.01. The van der Waals surface area contributed by atoms with Crippen LogP contribution in [0, 0.1) is 0 Å². The van der Waals surface area contributed by atoms with Crippen molar-refractivity contribution in [2.75, 3.05) is 13.1 Å². The molecule has 0 spiro atoms. The van der Waals surface area contributed by atoms with Crippen LogP contribution in [0.1, 0.15) is 36.0 Å². The zero-order valence-corrected chi connectivity index (χ0v) is 16.0. The molecule has 2 aromatic heterocycles. The molecule has 2 unspecified atom stereocenters. The highest BCUT2D eigenvalue weighted by Crippen LogP contribution is 2.13. The highest BCUT2D eigenvalue weighted by molar-refractivity contribution is 5.80. The molecule has 0 aliphatic rings. The highest BCUT2D eigenvalue weighted by atomic mass is 16.3. The lowest BCUT2D eigenvalue weighted by atomic mass is 10.1. The van der Waals surface area contributed by atoms with Gasteiger partial charge < -0.3 is 20.2 Å². The van der Waals surface area contributed by atoms with Crippen molar-refractivity contribution in [3.05, 3.63) is 90.1 Å². The molecule has 3 N–H and O–H groups in total. The van der Waals surface area contributed by atoms with Crippen molar-refractivity contribution in [3.8, 4) is 0 Å². The van der Waals surface area contributed by atoms with E-state index in [1.807, 2.05) is 30.3 Å². The van der Waals surface area contributed by atoms with E-state index in [-0.39, 0.29) is 12.6 Å². The molecule has 0 saturated carbocycles. The molecule has 1 aromatic carbocycles. The summed E-state index contributed by atoms with van der Waals surface area (Å²) in [7, 11) is 0. The molecule has 2 heterocycles. The van der Waals surface area contributed by atoms with Gasteiger partial charge in [0.2, 0.25) is 0 Å². The average Bonchev–Trinajstić information content (AvgIpc) is 3.26. The van der Waals surface area contributed by atoms with Crippen LogP contribution in [0.4, 0.5) is 0 Å². The van der Waals surface area contributed by atoms with Crippen LogP contribution in [0.15, 0.2) is 82.7 Å². The number of aliphatic imine (C=N–C) groups is 1. The molecule has 28 heavy (non-hydrogen) atoms. The van der Waals surface area contributed by atoms with E-state index in [4.69, 9.17) is 4.42 Å². The van der Waals surface area contributed by atoms with Crippen LogP contribution >= 0.6 is 0 Å². The van der Waals surface area contributed by atoms with Crippen LogP contribution < -0.4 is 10.6 Å². The molecule has 2 atom stereocenters. The zero-order valence-electron chi connectivity index (χ0n) is 16.0. The lowest BCUT2D eigenvalue weighted by Gasteiger charge is -2.19. The summed E-state index contributed by atoms with van der Waals surface area (Å²) < 4.78 is 5.38. The molecule has 0 saturated heterocycles. The minimum atomic E-state index is -0.682. The van der Waals surface area contributed by atoms with Gasteiger partial charge in [-0.1, -0.05) is 30.3 Å². The molecule has 3 rings (SSSR count). The fourth-order valence-corrected chi connectivity index (χ4v) is 2.81. The van der Waals surface area contributed by atoms with E-state index < -0.39 is 6.10 Å². The van der Waals surface area contributed by atoms with Crippen molar-refractivity contribution in [3.63, 3.8) is 0 Å². The zero-order chi connectivity index (χ0) is 19.6. The number of nitrogens with zero attached hydrogens (tertiary/aromatic N) is 2. The molecular weight excluding hydrogens is 352 g/mol. The Labute approximate surface area is 165 Å². The van der Waals surface area contributed by atoms with Crippen molar-refractivity contribution in [2.45, 2.75) is 25.5 Å². The molecule has 146 valence electrons. The van der Waals surface area contributed by atoms with Crippen LogP contribution in [0.25, 0.3) is 0 Å². The van der Waals surface area contributed by atoms with E-state index >= 15 is 0 Å². The largest absolute Gasteiger partial charge is 0.469 e. The lowest BCUT2D eigenvalue weighted by molar-refractivity contribution is 0.187. The van der Waals surface area contributed by atoms with Gasteiger partial charge in [0.25, 0.3) is 0 Å². The predicted octanol–water partition coefficient (Wildman–Crippen LogP) is 3.25. The van der Waals surface area contributed by atoms with Gasteiger partial charge in [-0.05, 0) is 42.3 Å². The number of hydrogen-bond acceptors (Lipinski definition) is 4. The summed E-state index contributed by atoms with van der Waals surface area (Å²) in [6, 6.07) is 17.7. The van der Waals surface area contributed by atoms with Crippen LogP contribution in [0.2, 0.25) is 0 Å². The summed E-state index contributed by atoms with van der Waals surface area (Å²) >= 11 is 0. The van der Waals surface area contributed by atoms with Crippen LogP contribution in [0.5, 0.6) is 0 Å². The molecule has 6 nitrogen and oxygen atoms in total. The Morgan fingerprint density at radius 1 is 1.07 bits per heavy atom. The van der Waals surface area contributed by atoms with Gasteiger partial charge in [0.1, 0.15) is 5.76 Å². The number of pyridine rings is 1. The third kappa shape index (κ3) is 5.96. The fourth-order valence-electron chi connectivity index (χ4n) is 2.81. The van der Waals surface area contributed by atoms with Crippen molar-refractivity contribution in [1.82, 2.24) is 15.6 Å². The minimum absolute atomic E-state index is 0.0779. The second-order valence-corrected chi connectivity index (χ2v) is 6.52. The minimum Gasteiger partial charge on any atom is -0.469 e. The number of guanidine groups is 1. The number of hydrogen-bond donors (Lipinski definition) is 3. The Balaban J connectivity index is 1.63. The van der Waals surface area contributed by atoms with Crippen LogP contribution in [-0.4, -0.2) is 29.1 Å². The van der Waals surface area contributed by atoms with E-state index in [2.05, 4.69) is 39.7 Å². The summed E-state index contributed by atoms with van der Waals surface area (Å²) in [5.41, 5.74) is 1.96. The van der Waals surface area contributed by atoms with Crippen molar-refractivity contribution in [2.24, 2.45) is 4.99 Å². The first kappa shape index (κ1) is 19.6. The van der Waals surface area contributed by atoms with Gasteiger partial charge in [-0.2, -0.15) is 0 Å². The van der Waals surface area contributed by atoms with Crippen molar-refractivity contribution in [1.29, 1.82) is 0 Å². The number of benzene rings is 1. The Bertz CT molecular complexity index is 835. The Hall–Kier alpha value is -3.12. The summed E-state index contributed by atoms with van der Waals surface area (Å²) in [4.78, 5) is 8.56. The monoisotopic (exact) mass is 378 g/mol. The van der Waals surface area contributed by atoms with Gasteiger partial charge in [0.05, 0.1) is 25.0 Å². The quantitative estimate of drug-likeness (QED) is 0.414. The molecule has 0 bridgehead atoms. The first-order valence-corrected chi connectivity index (χ1v) is 9.42. The van der Waals surface area contributed by atoms with E-state index in [1.165, 1.54) is 0 Å². The summed E-state index contributed by atoms with van der Waals surface area (Å²) in [5.74, 6) is 1.57. The standard InChI is InChI=1S/C22H26N4O2/c1-17(18-6-3-2-4-7-18)26-22(24-14-11-20-8-5-15-28-20)25-16-21(27)19-9-12-23-13-10-19/h2-10,12-13,15,17,21,27H,11,14,16H2,1H3,(H2,24,25,26). The topological polar surface area (TPSA) is 82.7 Å². The van der Waals surface area contributed by atoms with E-state index in [1.54, 1.807) is 30.8 Å². The van der Waals surface area contributed by atoms with Crippen LogP contribution in [0.3, 0.4) is 0 Å². The third-order valence-corrected chi connectivity index (χ3v) is 4.41. The van der Waals surface area contributed by atoms with Gasteiger partial charge in [-0.3, -0.25) is 9.98 Å². The Morgan fingerprint density at radius 2 is 1.86 bits per heavy atom. The number of aliphatic hydroxyl groups excluding tert-OH is 1. The maximum absolute atomic E-state index is 10.4. The van der Waals surface area contributed by atoms with E-state index in [9.17, 15) is 5.11 Å². The first-order chi connectivity index (χ1) is 13.7.